The highest BCUT2D eigenvalue weighted by atomic mass is 16.5. The van der Waals surface area contributed by atoms with E-state index in [4.69, 9.17) is 9.47 Å². The fourth-order valence-electron chi connectivity index (χ4n) is 4.52. The molecule has 0 aromatic carbocycles. The van der Waals surface area contributed by atoms with E-state index >= 15 is 0 Å². The van der Waals surface area contributed by atoms with E-state index in [1.807, 2.05) is 6.07 Å². The van der Waals surface area contributed by atoms with E-state index in [0.717, 1.165) is 25.7 Å². The van der Waals surface area contributed by atoms with Crippen LogP contribution in [0.15, 0.2) is 35.4 Å². The topological polar surface area (TPSA) is 124 Å². The number of rotatable bonds is 8. The van der Waals surface area contributed by atoms with Crippen LogP contribution < -0.4 is 21.5 Å². The number of pyridine rings is 1. The van der Waals surface area contributed by atoms with Gasteiger partial charge in [-0.2, -0.15) is 0 Å². The minimum Gasteiger partial charge on any atom is -0.385 e. The lowest BCUT2D eigenvalue weighted by Gasteiger charge is -2.35. The molecule has 0 aliphatic heterocycles. The SMILES string of the molecule is CNc1cc(Nc2cccn([C@H]3C[C@H](OC)C3)c2=O)nn2c(C(=O)NC3CC[C@@H]3OC)cnc12. The molecular weight excluding hydrogens is 438 g/mol. The number of aromatic nitrogens is 4. The summed E-state index contributed by atoms with van der Waals surface area (Å²) in [6, 6.07) is 5.41. The van der Waals surface area contributed by atoms with Gasteiger partial charge in [0, 0.05) is 39.6 Å². The van der Waals surface area contributed by atoms with Crippen LogP contribution in [0.3, 0.4) is 0 Å². The predicted molar refractivity (Wildman–Crippen MR) is 127 cm³/mol. The van der Waals surface area contributed by atoms with Crippen LogP contribution in [-0.2, 0) is 9.47 Å². The van der Waals surface area contributed by atoms with Gasteiger partial charge in [0.15, 0.2) is 17.2 Å². The first-order chi connectivity index (χ1) is 16.5. The molecule has 2 atom stereocenters. The van der Waals surface area contributed by atoms with Gasteiger partial charge in [0.2, 0.25) is 0 Å². The Balaban J connectivity index is 1.43. The molecule has 2 aliphatic carbocycles. The molecule has 3 N–H and O–H groups in total. The highest BCUT2D eigenvalue weighted by Gasteiger charge is 2.33. The van der Waals surface area contributed by atoms with Crippen LogP contribution in [0, 0.1) is 0 Å². The zero-order valence-corrected chi connectivity index (χ0v) is 19.4. The number of carbonyl (C=O) groups is 1. The highest BCUT2D eigenvalue weighted by molar-refractivity contribution is 5.94. The van der Waals surface area contributed by atoms with Crippen molar-refractivity contribution < 1.29 is 14.3 Å². The minimum atomic E-state index is -0.272. The van der Waals surface area contributed by atoms with Gasteiger partial charge in [-0.15, -0.1) is 5.10 Å². The van der Waals surface area contributed by atoms with Crippen LogP contribution in [-0.4, -0.2) is 64.6 Å². The second-order valence-electron chi connectivity index (χ2n) is 8.75. The second kappa shape index (κ2) is 9.07. The normalized spacial score (nSPS) is 23.7. The van der Waals surface area contributed by atoms with Crippen molar-refractivity contribution in [3.63, 3.8) is 0 Å². The summed E-state index contributed by atoms with van der Waals surface area (Å²) < 4.78 is 13.9. The van der Waals surface area contributed by atoms with Crippen LogP contribution >= 0.6 is 0 Å². The van der Waals surface area contributed by atoms with Crippen molar-refractivity contribution in [1.82, 2.24) is 24.5 Å². The molecule has 11 nitrogen and oxygen atoms in total. The molecule has 180 valence electrons. The van der Waals surface area contributed by atoms with Gasteiger partial charge in [0.05, 0.1) is 30.1 Å². The van der Waals surface area contributed by atoms with Gasteiger partial charge < -0.3 is 30.0 Å². The minimum absolute atomic E-state index is 0.0243. The predicted octanol–water partition coefficient (Wildman–Crippen LogP) is 1.93. The van der Waals surface area contributed by atoms with E-state index in [0.29, 0.717) is 28.5 Å². The van der Waals surface area contributed by atoms with Gasteiger partial charge >= 0.3 is 0 Å². The van der Waals surface area contributed by atoms with Gasteiger partial charge in [-0.25, -0.2) is 9.50 Å². The van der Waals surface area contributed by atoms with Gasteiger partial charge in [0.25, 0.3) is 11.5 Å². The molecule has 3 heterocycles. The number of hydrogen-bond donors (Lipinski definition) is 3. The Morgan fingerprint density at radius 1 is 1.18 bits per heavy atom. The van der Waals surface area contributed by atoms with E-state index in [-0.39, 0.29) is 35.8 Å². The van der Waals surface area contributed by atoms with Gasteiger partial charge in [-0.1, -0.05) is 0 Å². The fraction of sp³-hybridized carbons (Fsp3) is 0.478. The molecule has 0 bridgehead atoms. The first-order valence-corrected chi connectivity index (χ1v) is 11.4. The Labute approximate surface area is 196 Å². The molecule has 34 heavy (non-hydrogen) atoms. The summed E-state index contributed by atoms with van der Waals surface area (Å²) in [5, 5.41) is 13.8. The maximum absolute atomic E-state index is 13.1. The highest BCUT2D eigenvalue weighted by Crippen LogP contribution is 2.33. The number of nitrogens with zero attached hydrogens (tertiary/aromatic N) is 4. The van der Waals surface area contributed by atoms with Crippen LogP contribution in [0.4, 0.5) is 17.2 Å². The molecule has 3 aromatic rings. The molecule has 0 spiro atoms. The molecule has 2 fully saturated rings. The Bertz CT molecular complexity index is 1260. The quantitative estimate of drug-likeness (QED) is 0.459. The summed E-state index contributed by atoms with van der Waals surface area (Å²) in [5.41, 5.74) is 1.77. The Hall–Kier alpha value is -3.44. The lowest BCUT2D eigenvalue weighted by atomic mass is 9.89. The van der Waals surface area contributed by atoms with Crippen molar-refractivity contribution >= 4 is 28.7 Å². The second-order valence-corrected chi connectivity index (χ2v) is 8.75. The van der Waals surface area contributed by atoms with Gasteiger partial charge in [-0.05, 0) is 37.8 Å². The molecule has 0 radical (unpaired) electrons. The summed E-state index contributed by atoms with van der Waals surface area (Å²) in [6.45, 7) is 0. The smallest absolute Gasteiger partial charge is 0.274 e. The number of methoxy groups -OCH3 is 2. The summed E-state index contributed by atoms with van der Waals surface area (Å²) in [6.07, 6.45) is 6.94. The average Bonchev–Trinajstić information content (AvgIpc) is 3.22. The van der Waals surface area contributed by atoms with Crippen molar-refractivity contribution in [3.8, 4) is 0 Å². The molecule has 1 amide bonds. The maximum atomic E-state index is 13.1. The van der Waals surface area contributed by atoms with E-state index in [2.05, 4.69) is 26.0 Å². The first-order valence-electron chi connectivity index (χ1n) is 11.4. The molecule has 1 unspecified atom stereocenters. The van der Waals surface area contributed by atoms with Crippen LogP contribution in [0.5, 0.6) is 0 Å². The lowest BCUT2D eigenvalue weighted by Crippen LogP contribution is -2.51. The summed E-state index contributed by atoms with van der Waals surface area (Å²) in [5.74, 6) is 0.145. The molecule has 2 aliphatic rings. The number of ether oxygens (including phenoxy) is 2. The summed E-state index contributed by atoms with van der Waals surface area (Å²) in [7, 11) is 5.10. The van der Waals surface area contributed by atoms with E-state index in [9.17, 15) is 9.59 Å². The fourth-order valence-corrected chi connectivity index (χ4v) is 4.52. The van der Waals surface area contributed by atoms with E-state index < -0.39 is 0 Å². The standard InChI is InChI=1S/C23H29N7O4/c1-24-17-11-20(26-16-5-4-8-29(23(16)32)13-9-14(10-13)33-2)28-30-18(12-25-21(17)30)22(31)27-15-6-7-19(15)34-3/h4-5,8,11-15,19,24H,6-7,9-10H2,1-3H3,(H,26,28)(H,27,31)/t13-,14-,15?,19-/m0/s1. The largest absolute Gasteiger partial charge is 0.385 e. The molecule has 3 aromatic heterocycles. The summed E-state index contributed by atoms with van der Waals surface area (Å²) >= 11 is 0. The van der Waals surface area contributed by atoms with Crippen LogP contribution in [0.2, 0.25) is 0 Å². The third-order valence-electron chi connectivity index (χ3n) is 6.83. The molecule has 0 saturated heterocycles. The zero-order chi connectivity index (χ0) is 23.8. The van der Waals surface area contributed by atoms with Crippen molar-refractivity contribution in [2.24, 2.45) is 0 Å². The number of anilines is 3. The van der Waals surface area contributed by atoms with Crippen LogP contribution in [0.1, 0.15) is 42.2 Å². The number of amides is 1. The number of imidazole rings is 1. The van der Waals surface area contributed by atoms with Crippen LogP contribution in [0.25, 0.3) is 5.65 Å². The molecule has 5 rings (SSSR count). The zero-order valence-electron chi connectivity index (χ0n) is 19.4. The number of fused-ring (bicyclic) bond motifs is 1. The van der Waals surface area contributed by atoms with Crippen molar-refractivity contribution in [2.45, 2.75) is 50.0 Å². The van der Waals surface area contributed by atoms with E-state index in [1.165, 1.54) is 10.7 Å². The number of nitrogens with one attached hydrogen (secondary N) is 3. The Morgan fingerprint density at radius 2 is 2.00 bits per heavy atom. The third kappa shape index (κ3) is 3.90. The maximum Gasteiger partial charge on any atom is 0.274 e. The third-order valence-corrected chi connectivity index (χ3v) is 6.83. The van der Waals surface area contributed by atoms with E-state index in [1.54, 1.807) is 44.2 Å². The molecule has 2 saturated carbocycles. The monoisotopic (exact) mass is 467 g/mol. The molecular formula is C23H29N7O4. The summed E-state index contributed by atoms with van der Waals surface area (Å²) in [4.78, 5) is 30.4. The first kappa shape index (κ1) is 22.4. The number of hydrogen-bond acceptors (Lipinski definition) is 8. The lowest BCUT2D eigenvalue weighted by molar-refractivity contribution is 0.00522. The average molecular weight is 468 g/mol. The van der Waals surface area contributed by atoms with Gasteiger partial charge in [-0.3, -0.25) is 9.59 Å². The van der Waals surface area contributed by atoms with Crippen molar-refractivity contribution in [2.75, 3.05) is 31.9 Å². The molecule has 11 heteroatoms. The van der Waals surface area contributed by atoms with Crippen molar-refractivity contribution in [1.29, 1.82) is 0 Å². The number of carbonyl (C=O) groups excluding carboxylic acids is 1. The Morgan fingerprint density at radius 3 is 2.68 bits per heavy atom. The van der Waals surface area contributed by atoms with Crippen molar-refractivity contribution in [3.05, 3.63) is 46.6 Å². The Kier molecular flexibility index (Phi) is 5.96. The van der Waals surface area contributed by atoms with Gasteiger partial charge in [0.1, 0.15) is 5.69 Å².